The van der Waals surface area contributed by atoms with Crippen LogP contribution in [0.2, 0.25) is 0 Å². The van der Waals surface area contributed by atoms with Crippen LogP contribution >= 0.6 is 0 Å². The first-order valence-electron chi connectivity index (χ1n) is 11.1. The molecule has 0 aliphatic heterocycles. The molecular weight excluding hydrogens is 451 g/mol. The lowest BCUT2D eigenvalue weighted by Gasteiger charge is -2.37. The average molecular weight is 479 g/mol. The second-order valence-corrected chi connectivity index (χ2v) is 8.64. The highest BCUT2D eigenvalue weighted by molar-refractivity contribution is 6.03. The molecule has 7 nitrogen and oxygen atoms in total. The number of hydrogen-bond donors (Lipinski definition) is 2. The number of aromatic nitrogens is 1. The first-order chi connectivity index (χ1) is 16.1. The van der Waals surface area contributed by atoms with Crippen LogP contribution in [-0.2, 0) is 4.79 Å². The molecule has 1 aromatic carbocycles. The molecule has 1 aromatic heterocycles. The van der Waals surface area contributed by atoms with E-state index in [-0.39, 0.29) is 23.3 Å². The standard InChI is InChI=1S/C24H28F3N3O4/c1-13(2)17-6-4-5-7-20(17)30(16-10-8-15(9-11-16)22(31)32)24(33)29-19-12-18(25)14(3)28-21(19)34-23(26)27/h4-7,12-13,15-16,23H,8-11H2,1-3H3,(H,29,33)(H,31,32). The van der Waals surface area contributed by atoms with E-state index in [1.165, 1.54) is 11.8 Å². The molecule has 0 unspecified atom stereocenters. The van der Waals surface area contributed by atoms with E-state index in [2.05, 4.69) is 15.0 Å². The number of anilines is 2. The molecule has 1 aliphatic carbocycles. The number of aryl methyl sites for hydroxylation is 1. The number of carbonyl (C=O) groups is 2. The van der Waals surface area contributed by atoms with Crippen molar-refractivity contribution in [3.63, 3.8) is 0 Å². The zero-order valence-electron chi connectivity index (χ0n) is 19.2. The van der Waals surface area contributed by atoms with Crippen molar-refractivity contribution in [2.75, 3.05) is 10.2 Å². The van der Waals surface area contributed by atoms with Gasteiger partial charge in [0, 0.05) is 17.8 Å². The van der Waals surface area contributed by atoms with E-state index in [9.17, 15) is 27.9 Å². The number of pyridine rings is 1. The minimum absolute atomic E-state index is 0.0677. The Morgan fingerprint density at radius 3 is 2.41 bits per heavy atom. The third-order valence-electron chi connectivity index (χ3n) is 6.01. The van der Waals surface area contributed by atoms with Gasteiger partial charge in [0.15, 0.2) is 0 Å². The van der Waals surface area contributed by atoms with E-state index in [1.54, 1.807) is 12.1 Å². The summed E-state index contributed by atoms with van der Waals surface area (Å²) in [6.07, 6.45) is 1.68. The molecule has 0 spiro atoms. The third kappa shape index (κ3) is 5.78. The number of alkyl halides is 2. The predicted molar refractivity (Wildman–Crippen MR) is 121 cm³/mol. The van der Waals surface area contributed by atoms with Crippen molar-refractivity contribution in [3.05, 3.63) is 47.4 Å². The van der Waals surface area contributed by atoms with Crippen LogP contribution in [0.1, 0.15) is 56.7 Å². The van der Waals surface area contributed by atoms with Crippen LogP contribution in [0.15, 0.2) is 30.3 Å². The molecule has 2 aromatic rings. The molecule has 2 amide bonds. The minimum atomic E-state index is -3.21. The van der Waals surface area contributed by atoms with Gasteiger partial charge < -0.3 is 15.2 Å². The van der Waals surface area contributed by atoms with Crippen molar-refractivity contribution >= 4 is 23.4 Å². The lowest BCUT2D eigenvalue weighted by Crippen LogP contribution is -2.46. The van der Waals surface area contributed by atoms with E-state index in [4.69, 9.17) is 0 Å². The molecule has 0 atom stereocenters. The molecule has 0 saturated heterocycles. The molecular formula is C24H28F3N3O4. The van der Waals surface area contributed by atoms with E-state index in [0.29, 0.717) is 31.4 Å². The number of carbonyl (C=O) groups excluding carboxylic acids is 1. The lowest BCUT2D eigenvalue weighted by molar-refractivity contribution is -0.142. The van der Waals surface area contributed by atoms with Gasteiger partial charge in [0.05, 0.1) is 11.6 Å². The maximum absolute atomic E-state index is 14.2. The second kappa shape index (κ2) is 10.8. The Bertz CT molecular complexity index is 1040. The van der Waals surface area contributed by atoms with Gasteiger partial charge in [-0.25, -0.2) is 14.2 Å². The van der Waals surface area contributed by atoms with Gasteiger partial charge in [0.2, 0.25) is 5.88 Å². The largest absolute Gasteiger partial charge is 0.481 e. The molecule has 1 heterocycles. The Kier molecular flexibility index (Phi) is 8.01. The number of benzene rings is 1. The molecule has 184 valence electrons. The zero-order valence-corrected chi connectivity index (χ0v) is 19.2. The summed E-state index contributed by atoms with van der Waals surface area (Å²) in [7, 11) is 0. The van der Waals surface area contributed by atoms with E-state index < -0.39 is 36.2 Å². The van der Waals surface area contributed by atoms with Crippen LogP contribution in [0, 0.1) is 18.7 Å². The molecule has 1 aliphatic rings. The van der Waals surface area contributed by atoms with Crippen LogP contribution < -0.4 is 15.0 Å². The number of urea groups is 1. The summed E-state index contributed by atoms with van der Waals surface area (Å²) >= 11 is 0. The van der Waals surface area contributed by atoms with Crippen LogP contribution in [0.5, 0.6) is 5.88 Å². The predicted octanol–water partition coefficient (Wildman–Crippen LogP) is 5.94. The van der Waals surface area contributed by atoms with Crippen molar-refractivity contribution in [1.82, 2.24) is 4.98 Å². The number of aliphatic carboxylic acids is 1. The maximum atomic E-state index is 14.2. The van der Waals surface area contributed by atoms with E-state index >= 15 is 0 Å². The highest BCUT2D eigenvalue weighted by Gasteiger charge is 2.34. The Hall–Kier alpha value is -3.30. The van der Waals surface area contributed by atoms with Crippen molar-refractivity contribution in [2.24, 2.45) is 5.92 Å². The fourth-order valence-corrected chi connectivity index (χ4v) is 4.25. The average Bonchev–Trinajstić information content (AvgIpc) is 2.77. The van der Waals surface area contributed by atoms with Crippen molar-refractivity contribution in [1.29, 1.82) is 0 Å². The first kappa shape index (κ1) is 25.3. The normalized spacial score (nSPS) is 18.1. The van der Waals surface area contributed by atoms with Gasteiger partial charge in [0.1, 0.15) is 11.5 Å². The Morgan fingerprint density at radius 2 is 1.82 bits per heavy atom. The summed E-state index contributed by atoms with van der Waals surface area (Å²) in [5, 5.41) is 11.8. The van der Waals surface area contributed by atoms with Gasteiger partial charge >= 0.3 is 18.6 Å². The summed E-state index contributed by atoms with van der Waals surface area (Å²) in [5.41, 5.74) is 1.03. The van der Waals surface area contributed by atoms with Gasteiger partial charge in [-0.05, 0) is 50.2 Å². The molecule has 1 fully saturated rings. The van der Waals surface area contributed by atoms with E-state index in [1.807, 2.05) is 26.0 Å². The Morgan fingerprint density at radius 1 is 1.18 bits per heavy atom. The number of amides is 2. The van der Waals surface area contributed by atoms with Crippen LogP contribution in [-0.4, -0.2) is 34.7 Å². The summed E-state index contributed by atoms with van der Waals surface area (Å²) < 4.78 is 44.4. The molecule has 34 heavy (non-hydrogen) atoms. The van der Waals surface area contributed by atoms with Crippen molar-refractivity contribution in [3.8, 4) is 5.88 Å². The first-order valence-corrected chi connectivity index (χ1v) is 11.1. The second-order valence-electron chi connectivity index (χ2n) is 8.64. The fourth-order valence-electron chi connectivity index (χ4n) is 4.25. The maximum Gasteiger partial charge on any atom is 0.388 e. The minimum Gasteiger partial charge on any atom is -0.481 e. The molecule has 2 N–H and O–H groups in total. The summed E-state index contributed by atoms with van der Waals surface area (Å²) in [5.74, 6) is -2.66. The summed E-state index contributed by atoms with van der Waals surface area (Å²) in [6, 6.07) is 7.19. The molecule has 3 rings (SSSR count). The number of nitrogens with one attached hydrogen (secondary N) is 1. The quantitative estimate of drug-likeness (QED) is 0.513. The lowest BCUT2D eigenvalue weighted by atomic mass is 9.85. The summed E-state index contributed by atoms with van der Waals surface area (Å²) in [4.78, 5) is 30.2. The fraction of sp³-hybridized carbons (Fsp3) is 0.458. The SMILES string of the molecule is Cc1nc(OC(F)F)c(NC(=O)N(c2ccccc2C(C)C)C2CCC(C(=O)O)CC2)cc1F. The number of carboxylic acid groups (broad SMARTS) is 1. The molecule has 1 saturated carbocycles. The van der Waals surface area contributed by atoms with Crippen LogP contribution in [0.3, 0.4) is 0 Å². The van der Waals surface area contributed by atoms with Gasteiger partial charge in [-0.3, -0.25) is 9.69 Å². The number of rotatable bonds is 7. The topological polar surface area (TPSA) is 91.8 Å². The zero-order chi connectivity index (χ0) is 25.0. The van der Waals surface area contributed by atoms with Gasteiger partial charge in [-0.1, -0.05) is 32.0 Å². The Balaban J connectivity index is 1.99. The smallest absolute Gasteiger partial charge is 0.388 e. The summed E-state index contributed by atoms with van der Waals surface area (Å²) in [6.45, 7) is 2.04. The number of hydrogen-bond acceptors (Lipinski definition) is 4. The number of para-hydroxylation sites is 1. The van der Waals surface area contributed by atoms with Gasteiger partial charge in [-0.15, -0.1) is 0 Å². The van der Waals surface area contributed by atoms with Crippen LogP contribution in [0.25, 0.3) is 0 Å². The number of carboxylic acids is 1. The number of halogens is 3. The number of nitrogens with zero attached hydrogens (tertiary/aromatic N) is 2. The molecule has 10 heteroatoms. The molecule has 0 radical (unpaired) electrons. The van der Waals surface area contributed by atoms with Crippen molar-refractivity contribution < 1.29 is 32.6 Å². The highest BCUT2D eigenvalue weighted by Crippen LogP contribution is 2.36. The number of ether oxygens (including phenoxy) is 1. The van der Waals surface area contributed by atoms with Gasteiger partial charge in [-0.2, -0.15) is 8.78 Å². The highest BCUT2D eigenvalue weighted by atomic mass is 19.3. The van der Waals surface area contributed by atoms with E-state index in [0.717, 1.165) is 11.6 Å². The monoisotopic (exact) mass is 479 g/mol. The van der Waals surface area contributed by atoms with Crippen molar-refractivity contribution in [2.45, 2.75) is 65.0 Å². The Labute approximate surface area is 195 Å². The van der Waals surface area contributed by atoms with Crippen LogP contribution in [0.4, 0.5) is 29.3 Å². The van der Waals surface area contributed by atoms with Gasteiger partial charge in [0.25, 0.3) is 0 Å². The third-order valence-corrected chi connectivity index (χ3v) is 6.01. The molecule has 0 bridgehead atoms.